The number of carboxylic acid groups (broad SMARTS) is 1. The number of nitrogens with zero attached hydrogens (tertiary/aromatic N) is 2. The zero-order valence-corrected chi connectivity index (χ0v) is 31.0. The van der Waals surface area contributed by atoms with Gasteiger partial charge >= 0.3 is 5.97 Å². The lowest BCUT2D eigenvalue weighted by atomic mass is 9.99. The van der Waals surface area contributed by atoms with Crippen LogP contribution in [0.15, 0.2) is 17.5 Å². The van der Waals surface area contributed by atoms with Crippen molar-refractivity contribution in [3.8, 4) is 0 Å². The number of carboxylic acids is 1. The molecular weight excluding hydrogens is 692 g/mol. The fourth-order valence-electron chi connectivity index (χ4n) is 5.49. The van der Waals surface area contributed by atoms with E-state index in [2.05, 4.69) is 52.2 Å². The number of aliphatic imine (C=N–C) groups is 1. The van der Waals surface area contributed by atoms with Gasteiger partial charge in [-0.15, -0.1) is 0 Å². The van der Waals surface area contributed by atoms with Crippen LogP contribution in [0.2, 0.25) is 0 Å². The molecule has 6 atom stereocenters. The maximum absolute atomic E-state index is 13.7. The summed E-state index contributed by atoms with van der Waals surface area (Å²) in [5.74, 6) is -5.72. The second-order valence-electron chi connectivity index (χ2n) is 13.8. The molecule has 0 radical (unpaired) electrons. The summed E-state index contributed by atoms with van der Waals surface area (Å²) >= 11 is 0. The highest BCUT2D eigenvalue weighted by molar-refractivity contribution is 5.97. The molecule has 6 amide bonds. The van der Waals surface area contributed by atoms with E-state index < -0.39 is 84.2 Å². The first-order chi connectivity index (χ1) is 25.0. The van der Waals surface area contributed by atoms with E-state index in [4.69, 9.17) is 16.6 Å². The third-order valence-corrected chi connectivity index (χ3v) is 8.32. The number of carbonyl (C=O) groups is 7. The topological polar surface area (TPSA) is 317 Å². The summed E-state index contributed by atoms with van der Waals surface area (Å²) < 4.78 is 0. The van der Waals surface area contributed by atoms with E-state index >= 15 is 0 Å². The molecule has 0 aliphatic carbocycles. The highest BCUT2D eigenvalue weighted by Crippen LogP contribution is 2.11. The van der Waals surface area contributed by atoms with Crippen LogP contribution in [0.1, 0.15) is 72.4 Å². The number of aromatic nitrogens is 2. The van der Waals surface area contributed by atoms with Gasteiger partial charge in [0.15, 0.2) is 5.96 Å². The molecule has 0 aromatic carbocycles. The van der Waals surface area contributed by atoms with E-state index in [1.807, 2.05) is 13.8 Å². The van der Waals surface area contributed by atoms with Gasteiger partial charge in [0.25, 0.3) is 0 Å². The zero-order chi connectivity index (χ0) is 39.7. The van der Waals surface area contributed by atoms with Crippen LogP contribution in [0.3, 0.4) is 0 Å². The summed E-state index contributed by atoms with van der Waals surface area (Å²) in [7, 11) is 0. The van der Waals surface area contributed by atoms with Gasteiger partial charge in [0.05, 0.1) is 12.4 Å². The monoisotopic (exact) mass is 748 g/mol. The average Bonchev–Trinajstić information content (AvgIpc) is 3.81. The molecule has 0 unspecified atom stereocenters. The van der Waals surface area contributed by atoms with Crippen LogP contribution in [0.5, 0.6) is 0 Å². The number of H-pyrrole nitrogens is 1. The number of amides is 6. The Hall–Kier alpha value is -5.27. The molecule has 1 aromatic rings. The van der Waals surface area contributed by atoms with Crippen molar-refractivity contribution in [3.05, 3.63) is 18.2 Å². The minimum Gasteiger partial charge on any atom is -0.480 e. The summed E-state index contributed by atoms with van der Waals surface area (Å²) in [5.41, 5.74) is 11.4. The summed E-state index contributed by atoms with van der Waals surface area (Å²) in [6.07, 6.45) is 4.94. The van der Waals surface area contributed by atoms with Crippen LogP contribution in [0.4, 0.5) is 0 Å². The third-order valence-electron chi connectivity index (χ3n) is 8.32. The van der Waals surface area contributed by atoms with E-state index in [0.717, 1.165) is 6.42 Å². The van der Waals surface area contributed by atoms with Crippen molar-refractivity contribution in [2.75, 3.05) is 19.6 Å². The Morgan fingerprint density at radius 3 is 2.11 bits per heavy atom. The number of guanidine groups is 1. The minimum atomic E-state index is -1.25. The maximum Gasteiger partial charge on any atom is 0.322 e. The Balaban J connectivity index is 2.21. The molecule has 1 fully saturated rings. The van der Waals surface area contributed by atoms with Crippen LogP contribution in [0, 0.1) is 11.8 Å². The molecule has 0 saturated carbocycles. The van der Waals surface area contributed by atoms with Crippen LogP contribution >= 0.6 is 0 Å². The molecule has 20 nitrogen and oxygen atoms in total. The van der Waals surface area contributed by atoms with Gasteiger partial charge in [-0.1, -0.05) is 27.7 Å². The third kappa shape index (κ3) is 15.9. The van der Waals surface area contributed by atoms with E-state index in [1.54, 1.807) is 13.8 Å². The van der Waals surface area contributed by atoms with Gasteiger partial charge in [0.2, 0.25) is 35.4 Å². The van der Waals surface area contributed by atoms with Gasteiger partial charge in [0.1, 0.15) is 36.8 Å². The van der Waals surface area contributed by atoms with Gasteiger partial charge in [-0.2, -0.15) is 0 Å². The quantitative estimate of drug-likeness (QED) is 0.0323. The van der Waals surface area contributed by atoms with Crippen LogP contribution in [0.25, 0.3) is 0 Å². The molecule has 1 aromatic heterocycles. The predicted octanol–water partition coefficient (Wildman–Crippen LogP) is -2.90. The number of aromatic amines is 1. The first-order valence-corrected chi connectivity index (χ1v) is 17.8. The van der Waals surface area contributed by atoms with Crippen LogP contribution in [-0.2, 0) is 40.0 Å². The number of aliphatic carboxylic acids is 1. The molecule has 20 heteroatoms. The number of nitrogens with two attached hydrogens (primary N) is 2. The predicted molar refractivity (Wildman–Crippen MR) is 193 cm³/mol. The fourth-order valence-corrected chi connectivity index (χ4v) is 5.49. The summed E-state index contributed by atoms with van der Waals surface area (Å²) in [6, 6.07) is -6.08. The van der Waals surface area contributed by atoms with Gasteiger partial charge in [0, 0.05) is 24.9 Å². The molecule has 0 bridgehead atoms. The second-order valence-corrected chi connectivity index (χ2v) is 13.8. The Morgan fingerprint density at radius 1 is 0.887 bits per heavy atom. The second kappa shape index (κ2) is 21.9. The lowest BCUT2D eigenvalue weighted by Crippen LogP contribution is -2.59. The summed E-state index contributed by atoms with van der Waals surface area (Å²) in [5, 5.41) is 27.6. The van der Waals surface area contributed by atoms with Gasteiger partial charge in [-0.25, -0.2) is 4.98 Å². The van der Waals surface area contributed by atoms with Crippen molar-refractivity contribution >= 4 is 47.4 Å². The van der Waals surface area contributed by atoms with E-state index in [0.29, 0.717) is 18.7 Å². The molecule has 0 spiro atoms. The molecule has 13 N–H and O–H groups in total. The van der Waals surface area contributed by atoms with Crippen molar-refractivity contribution in [1.82, 2.24) is 47.2 Å². The van der Waals surface area contributed by atoms with Crippen molar-refractivity contribution in [2.45, 2.75) is 109 Å². The number of carbonyl (C=O) groups excluding carboxylic acids is 6. The summed E-state index contributed by atoms with van der Waals surface area (Å²) in [6.45, 7) is 8.60. The van der Waals surface area contributed by atoms with Gasteiger partial charge in [-0.05, 0) is 57.4 Å². The van der Waals surface area contributed by atoms with E-state index in [9.17, 15) is 33.6 Å². The molecule has 2 rings (SSSR count). The zero-order valence-electron chi connectivity index (χ0n) is 31.0. The lowest BCUT2D eigenvalue weighted by Gasteiger charge is -2.28. The van der Waals surface area contributed by atoms with E-state index in [1.165, 1.54) is 19.4 Å². The molecule has 53 heavy (non-hydrogen) atoms. The smallest absolute Gasteiger partial charge is 0.322 e. The SMILES string of the molecule is CC(C)C[C@H](NC(=O)[C@H](CCCN=C(N)N)NC(=O)[C@H](C)NC(=O)[C@H](Cc1cnc[nH]1)NC(=O)[C@@H]1CCCN1)C(=O)N[C@H](C(=O)NCC(=O)O)C(C)C. The Labute approximate surface area is 308 Å². The number of imidazole rings is 1. The number of nitrogens with one attached hydrogen (secondary N) is 8. The standard InChI is InChI=1S/C33H56N12O8/c1-17(2)12-23(31(52)45-26(18(3)4)32(53)39-15-25(46)47)43-29(50)22(9-7-11-38-33(34)35)42-27(48)19(5)41-30(51)24(13-20-14-36-16-40-20)44-28(49)21-8-6-10-37-21/h14,16-19,21-24,26,37H,6-13,15H2,1-5H3,(H,36,40)(H,39,53)(H,41,51)(H,42,48)(H,43,50)(H,44,49)(H,45,52)(H,46,47)(H4,34,35,38)/t19-,21-,22-,23-,24-,26-/m0/s1. The van der Waals surface area contributed by atoms with Gasteiger partial charge < -0.3 is 58.8 Å². The average molecular weight is 749 g/mol. The Bertz CT molecular complexity index is 1420. The van der Waals surface area contributed by atoms with E-state index in [-0.39, 0.29) is 50.0 Å². The Kier molecular flexibility index (Phi) is 18.2. The Morgan fingerprint density at radius 2 is 1.55 bits per heavy atom. The molecule has 1 aliphatic rings. The highest BCUT2D eigenvalue weighted by Gasteiger charge is 2.33. The van der Waals surface area contributed by atoms with Crippen molar-refractivity contribution < 1.29 is 38.7 Å². The number of hydrogen-bond acceptors (Lipinski definition) is 10. The molecule has 1 aliphatic heterocycles. The molecular formula is C33H56N12O8. The fraction of sp³-hybridized carbons (Fsp3) is 0.667. The summed E-state index contributed by atoms with van der Waals surface area (Å²) in [4.78, 5) is 101. The largest absolute Gasteiger partial charge is 0.480 e. The maximum atomic E-state index is 13.7. The molecule has 1 saturated heterocycles. The van der Waals surface area contributed by atoms with Crippen LogP contribution < -0.4 is 48.7 Å². The lowest BCUT2D eigenvalue weighted by molar-refractivity contribution is -0.139. The number of rotatable bonds is 22. The molecule has 2 heterocycles. The normalized spacial score (nSPS) is 16.7. The van der Waals surface area contributed by atoms with Crippen LogP contribution in [-0.4, -0.2) is 118 Å². The first kappa shape index (κ1) is 43.9. The number of hydrogen-bond donors (Lipinski definition) is 11. The van der Waals surface area contributed by atoms with Gasteiger partial charge in [-0.3, -0.25) is 38.6 Å². The highest BCUT2D eigenvalue weighted by atomic mass is 16.4. The first-order valence-electron chi connectivity index (χ1n) is 17.8. The van der Waals surface area contributed by atoms with Crippen molar-refractivity contribution in [2.24, 2.45) is 28.3 Å². The van der Waals surface area contributed by atoms with Crippen molar-refractivity contribution in [1.29, 1.82) is 0 Å². The molecule has 296 valence electrons. The minimum absolute atomic E-state index is 0.0458. The van der Waals surface area contributed by atoms with Crippen molar-refractivity contribution in [3.63, 3.8) is 0 Å².